The molecule has 0 heterocycles. The summed E-state index contributed by atoms with van der Waals surface area (Å²) in [6.07, 6.45) is 0. The van der Waals surface area contributed by atoms with Crippen LogP contribution in [-0.4, -0.2) is 22.9 Å². The van der Waals surface area contributed by atoms with Gasteiger partial charge in [-0.2, -0.15) is 11.8 Å². The molecule has 0 saturated heterocycles. The van der Waals surface area contributed by atoms with Gasteiger partial charge in [-0.3, -0.25) is 4.79 Å². The van der Waals surface area contributed by atoms with Crippen LogP contribution in [0.4, 0.5) is 0 Å². The van der Waals surface area contributed by atoms with Crippen LogP contribution in [0.1, 0.15) is 5.56 Å². The maximum Gasteiger partial charge on any atom is 0.321 e. The van der Waals surface area contributed by atoms with Crippen LogP contribution in [0.5, 0.6) is 0 Å². The van der Waals surface area contributed by atoms with Gasteiger partial charge in [0.15, 0.2) is 0 Å². The number of nitrogens with two attached hydrogens (primary N) is 1. The Labute approximate surface area is 101 Å². The third-order valence-corrected chi connectivity index (χ3v) is 3.46. The minimum atomic E-state index is -0.946. The van der Waals surface area contributed by atoms with Gasteiger partial charge in [0.25, 0.3) is 0 Å². The lowest BCUT2D eigenvalue weighted by atomic mass is 10.2. The summed E-state index contributed by atoms with van der Waals surface area (Å²) < 4.78 is 1.04. The summed E-state index contributed by atoms with van der Waals surface area (Å²) >= 11 is 4.88. The first-order valence-electron chi connectivity index (χ1n) is 4.40. The van der Waals surface area contributed by atoms with E-state index in [0.717, 1.165) is 10.2 Å². The summed E-state index contributed by atoms with van der Waals surface area (Å²) in [6.45, 7) is 0. The van der Waals surface area contributed by atoms with Crippen molar-refractivity contribution in [2.75, 3.05) is 5.75 Å². The van der Waals surface area contributed by atoms with Crippen LogP contribution < -0.4 is 5.73 Å². The number of carboxylic acid groups (broad SMARTS) is 1. The van der Waals surface area contributed by atoms with Gasteiger partial charge in [-0.1, -0.05) is 28.1 Å². The van der Waals surface area contributed by atoms with Gasteiger partial charge in [-0.15, -0.1) is 0 Å². The molecule has 15 heavy (non-hydrogen) atoms. The molecule has 3 N–H and O–H groups in total. The van der Waals surface area contributed by atoms with Gasteiger partial charge in [0.05, 0.1) is 0 Å². The van der Waals surface area contributed by atoms with Crippen molar-refractivity contribution in [1.29, 1.82) is 0 Å². The van der Waals surface area contributed by atoms with E-state index in [9.17, 15) is 4.79 Å². The van der Waals surface area contributed by atoms with Crippen molar-refractivity contribution in [3.05, 3.63) is 34.3 Å². The molecular formula is C10H12BrNO2S. The molecule has 0 aliphatic rings. The third-order valence-electron chi connectivity index (χ3n) is 1.80. The smallest absolute Gasteiger partial charge is 0.321 e. The first kappa shape index (κ1) is 12.5. The second-order valence-electron chi connectivity index (χ2n) is 3.09. The van der Waals surface area contributed by atoms with Crippen molar-refractivity contribution in [2.45, 2.75) is 11.8 Å². The van der Waals surface area contributed by atoms with Crippen LogP contribution in [0.25, 0.3) is 0 Å². The van der Waals surface area contributed by atoms with Crippen LogP contribution in [-0.2, 0) is 10.5 Å². The molecule has 0 aromatic heterocycles. The minimum absolute atomic E-state index is 0.436. The fourth-order valence-electron chi connectivity index (χ4n) is 0.956. The minimum Gasteiger partial charge on any atom is -0.480 e. The van der Waals surface area contributed by atoms with Crippen LogP contribution in [0.2, 0.25) is 0 Å². The second kappa shape index (κ2) is 6.15. The van der Waals surface area contributed by atoms with Gasteiger partial charge in [0.2, 0.25) is 0 Å². The Bertz CT molecular complexity index is 329. The van der Waals surface area contributed by atoms with Gasteiger partial charge >= 0.3 is 5.97 Å². The summed E-state index contributed by atoms with van der Waals surface area (Å²) in [7, 11) is 0. The van der Waals surface area contributed by atoms with E-state index >= 15 is 0 Å². The molecule has 0 aliphatic heterocycles. The van der Waals surface area contributed by atoms with E-state index in [0.29, 0.717) is 5.75 Å². The quantitative estimate of drug-likeness (QED) is 0.871. The fraction of sp³-hybridized carbons (Fsp3) is 0.300. The molecule has 0 spiro atoms. The average molecular weight is 290 g/mol. The molecule has 3 nitrogen and oxygen atoms in total. The highest BCUT2D eigenvalue weighted by molar-refractivity contribution is 9.10. The van der Waals surface area contributed by atoms with Crippen LogP contribution in [0, 0.1) is 0 Å². The third kappa shape index (κ3) is 4.68. The Hall–Kier alpha value is -0.520. The van der Waals surface area contributed by atoms with E-state index in [1.54, 1.807) is 0 Å². The first-order chi connectivity index (χ1) is 7.09. The summed E-state index contributed by atoms with van der Waals surface area (Å²) in [4.78, 5) is 10.4. The Morgan fingerprint density at radius 2 is 2.07 bits per heavy atom. The number of aliphatic carboxylic acids is 1. The highest BCUT2D eigenvalue weighted by atomic mass is 79.9. The zero-order valence-corrected chi connectivity index (χ0v) is 10.4. The SMILES string of the molecule is N[C@H](CSCc1ccc(Br)cc1)C(=O)O. The maximum absolute atomic E-state index is 10.4. The van der Waals surface area contributed by atoms with Crippen LogP contribution >= 0.6 is 27.7 Å². The number of hydrogen-bond acceptors (Lipinski definition) is 3. The number of carbonyl (C=O) groups is 1. The lowest BCUT2D eigenvalue weighted by Crippen LogP contribution is -2.32. The lowest BCUT2D eigenvalue weighted by Gasteiger charge is -2.05. The number of carboxylic acids is 1. The highest BCUT2D eigenvalue weighted by Crippen LogP contribution is 2.16. The van der Waals surface area contributed by atoms with Crippen molar-refractivity contribution in [3.8, 4) is 0 Å². The maximum atomic E-state index is 10.4. The van der Waals surface area contributed by atoms with Gasteiger partial charge in [0.1, 0.15) is 6.04 Å². The summed E-state index contributed by atoms with van der Waals surface area (Å²) in [5.41, 5.74) is 6.54. The van der Waals surface area contributed by atoms with Crippen molar-refractivity contribution >= 4 is 33.7 Å². The molecule has 0 unspecified atom stereocenters. The van der Waals surface area contributed by atoms with Gasteiger partial charge in [0, 0.05) is 16.0 Å². The van der Waals surface area contributed by atoms with E-state index in [4.69, 9.17) is 10.8 Å². The van der Waals surface area contributed by atoms with Gasteiger partial charge in [-0.25, -0.2) is 0 Å². The number of rotatable bonds is 5. The molecule has 1 aromatic carbocycles. The van der Waals surface area contributed by atoms with Crippen LogP contribution in [0.15, 0.2) is 28.7 Å². The summed E-state index contributed by atoms with van der Waals surface area (Å²) in [5, 5.41) is 8.57. The zero-order valence-electron chi connectivity index (χ0n) is 8.02. The van der Waals surface area contributed by atoms with E-state index in [2.05, 4.69) is 15.9 Å². The van der Waals surface area contributed by atoms with Gasteiger partial charge < -0.3 is 10.8 Å². The van der Waals surface area contributed by atoms with Crippen molar-refractivity contribution in [1.82, 2.24) is 0 Å². The molecule has 0 fully saturated rings. The van der Waals surface area contributed by atoms with E-state index in [1.807, 2.05) is 24.3 Å². The van der Waals surface area contributed by atoms with Crippen molar-refractivity contribution in [3.63, 3.8) is 0 Å². The number of thioether (sulfide) groups is 1. The average Bonchev–Trinajstić information content (AvgIpc) is 2.20. The Balaban J connectivity index is 2.32. The van der Waals surface area contributed by atoms with Crippen molar-refractivity contribution < 1.29 is 9.90 Å². The Morgan fingerprint density at radius 1 is 1.47 bits per heavy atom. The topological polar surface area (TPSA) is 63.3 Å². The zero-order chi connectivity index (χ0) is 11.3. The predicted molar refractivity (Wildman–Crippen MR) is 65.9 cm³/mol. The number of benzene rings is 1. The number of halogens is 1. The molecule has 1 rings (SSSR count). The largest absolute Gasteiger partial charge is 0.480 e. The van der Waals surface area contributed by atoms with Crippen LogP contribution in [0.3, 0.4) is 0 Å². The number of hydrogen-bond donors (Lipinski definition) is 2. The second-order valence-corrected chi connectivity index (χ2v) is 5.03. The summed E-state index contributed by atoms with van der Waals surface area (Å²) in [5.74, 6) is 0.276. The summed E-state index contributed by atoms with van der Waals surface area (Å²) in [6, 6.07) is 7.16. The normalized spacial score (nSPS) is 12.4. The van der Waals surface area contributed by atoms with Crippen molar-refractivity contribution in [2.24, 2.45) is 5.73 Å². The Kier molecular flexibility index (Phi) is 5.14. The van der Waals surface area contributed by atoms with Gasteiger partial charge in [-0.05, 0) is 17.7 Å². The highest BCUT2D eigenvalue weighted by Gasteiger charge is 2.10. The molecule has 0 saturated carbocycles. The monoisotopic (exact) mass is 289 g/mol. The predicted octanol–water partition coefficient (Wildman–Crippen LogP) is 2.09. The molecule has 0 aliphatic carbocycles. The van der Waals surface area contributed by atoms with E-state index in [-0.39, 0.29) is 0 Å². The van der Waals surface area contributed by atoms with E-state index in [1.165, 1.54) is 17.3 Å². The molecule has 5 heteroatoms. The Morgan fingerprint density at radius 3 is 2.60 bits per heavy atom. The van der Waals surface area contributed by atoms with E-state index < -0.39 is 12.0 Å². The fourth-order valence-corrected chi connectivity index (χ4v) is 2.16. The molecule has 0 bridgehead atoms. The first-order valence-corrected chi connectivity index (χ1v) is 6.35. The molecule has 0 radical (unpaired) electrons. The molecule has 1 aromatic rings. The standard InChI is InChI=1S/C10H12BrNO2S/c11-8-3-1-7(2-4-8)5-15-6-9(12)10(13)14/h1-4,9H,5-6,12H2,(H,13,14)/t9-/m1/s1. The molecule has 1 atom stereocenters. The molecule has 0 amide bonds. The molecule has 82 valence electrons. The lowest BCUT2D eigenvalue weighted by molar-refractivity contribution is -0.137. The molecular weight excluding hydrogens is 278 g/mol.